The maximum Gasteiger partial charge on any atom is 0.321 e. The molecular weight excluding hydrogens is 240 g/mol. The van der Waals surface area contributed by atoms with Crippen molar-refractivity contribution < 1.29 is 4.79 Å². The first-order valence-electron chi connectivity index (χ1n) is 6.72. The lowest BCUT2D eigenvalue weighted by molar-refractivity contribution is 0.125. The molecule has 1 aromatic carbocycles. The highest BCUT2D eigenvalue weighted by molar-refractivity contribution is 5.89. The van der Waals surface area contributed by atoms with Gasteiger partial charge in [0, 0.05) is 43.6 Å². The van der Waals surface area contributed by atoms with E-state index in [0.29, 0.717) is 11.7 Å². The fraction of sp³-hybridized carbons (Fsp3) is 0.500. The van der Waals surface area contributed by atoms with Crippen LogP contribution in [0, 0.1) is 0 Å². The molecule has 19 heavy (non-hydrogen) atoms. The van der Waals surface area contributed by atoms with Crippen LogP contribution in [0.5, 0.6) is 0 Å². The van der Waals surface area contributed by atoms with E-state index in [9.17, 15) is 4.79 Å². The first-order chi connectivity index (χ1) is 9.06. The molecule has 0 aromatic heterocycles. The number of nitrogens with two attached hydrogens (primary N) is 1. The second kappa shape index (κ2) is 5.93. The van der Waals surface area contributed by atoms with Crippen molar-refractivity contribution in [3.8, 4) is 0 Å². The number of hydrogen-bond acceptors (Lipinski definition) is 3. The van der Waals surface area contributed by atoms with Gasteiger partial charge in [-0.25, -0.2) is 4.79 Å². The second-order valence-electron chi connectivity index (χ2n) is 5.17. The third-order valence-corrected chi connectivity index (χ3v) is 3.49. The van der Waals surface area contributed by atoms with E-state index in [4.69, 9.17) is 5.73 Å². The average molecular weight is 262 g/mol. The van der Waals surface area contributed by atoms with Gasteiger partial charge in [-0.3, -0.25) is 4.90 Å². The van der Waals surface area contributed by atoms with Crippen molar-refractivity contribution in [1.29, 1.82) is 0 Å². The molecule has 1 aliphatic heterocycles. The quantitative estimate of drug-likeness (QED) is 0.799. The van der Waals surface area contributed by atoms with Gasteiger partial charge in [-0.05, 0) is 38.1 Å². The zero-order valence-corrected chi connectivity index (χ0v) is 11.6. The number of nitrogen functional groups attached to an aromatic ring is 1. The largest absolute Gasteiger partial charge is 0.399 e. The molecule has 0 saturated carbocycles. The summed E-state index contributed by atoms with van der Waals surface area (Å²) in [5.74, 6) is 0. The summed E-state index contributed by atoms with van der Waals surface area (Å²) in [5.41, 5.74) is 7.10. The molecule has 5 nitrogen and oxygen atoms in total. The Morgan fingerprint density at radius 2 is 1.74 bits per heavy atom. The van der Waals surface area contributed by atoms with E-state index < -0.39 is 0 Å². The average Bonchev–Trinajstić information content (AvgIpc) is 2.41. The maximum absolute atomic E-state index is 12.1. The Labute approximate surface area is 114 Å². The minimum Gasteiger partial charge on any atom is -0.399 e. The number of anilines is 2. The lowest BCUT2D eigenvalue weighted by Crippen LogP contribution is -2.51. The number of benzene rings is 1. The highest BCUT2D eigenvalue weighted by Crippen LogP contribution is 2.12. The number of piperazine rings is 1. The van der Waals surface area contributed by atoms with Crippen LogP contribution in [0.1, 0.15) is 13.8 Å². The SMILES string of the molecule is CC(C)N1CCN(C(=O)Nc2ccc(N)cc2)CC1. The standard InChI is InChI=1S/C14H22N4O/c1-11(2)17-7-9-18(10-8-17)14(19)16-13-5-3-12(15)4-6-13/h3-6,11H,7-10,15H2,1-2H3,(H,16,19). The molecule has 2 rings (SSSR count). The summed E-state index contributed by atoms with van der Waals surface area (Å²) < 4.78 is 0. The first-order valence-corrected chi connectivity index (χ1v) is 6.72. The summed E-state index contributed by atoms with van der Waals surface area (Å²) in [6, 6.07) is 7.71. The molecule has 1 heterocycles. The molecule has 0 radical (unpaired) electrons. The van der Waals surface area contributed by atoms with E-state index in [-0.39, 0.29) is 6.03 Å². The fourth-order valence-electron chi connectivity index (χ4n) is 2.21. The van der Waals surface area contributed by atoms with Gasteiger partial charge in [0.1, 0.15) is 0 Å². The molecular formula is C14H22N4O. The molecule has 1 aromatic rings. The molecule has 0 bridgehead atoms. The highest BCUT2D eigenvalue weighted by atomic mass is 16.2. The van der Waals surface area contributed by atoms with E-state index in [0.717, 1.165) is 31.9 Å². The predicted octanol–water partition coefficient (Wildman–Crippen LogP) is 1.83. The maximum atomic E-state index is 12.1. The monoisotopic (exact) mass is 262 g/mol. The van der Waals surface area contributed by atoms with Crippen molar-refractivity contribution in [3.05, 3.63) is 24.3 Å². The van der Waals surface area contributed by atoms with Crippen molar-refractivity contribution in [2.75, 3.05) is 37.2 Å². The molecule has 1 fully saturated rings. The predicted molar refractivity (Wildman–Crippen MR) is 78.2 cm³/mol. The van der Waals surface area contributed by atoms with Gasteiger partial charge in [-0.2, -0.15) is 0 Å². The van der Waals surface area contributed by atoms with Crippen LogP contribution in [0.25, 0.3) is 0 Å². The smallest absolute Gasteiger partial charge is 0.321 e. The van der Waals surface area contributed by atoms with Crippen LogP contribution < -0.4 is 11.1 Å². The van der Waals surface area contributed by atoms with Crippen molar-refractivity contribution in [3.63, 3.8) is 0 Å². The van der Waals surface area contributed by atoms with Crippen LogP contribution in [0.4, 0.5) is 16.2 Å². The molecule has 3 N–H and O–H groups in total. The molecule has 5 heteroatoms. The summed E-state index contributed by atoms with van der Waals surface area (Å²) in [5, 5.41) is 2.90. The molecule has 1 saturated heterocycles. The van der Waals surface area contributed by atoms with Gasteiger partial charge in [0.2, 0.25) is 0 Å². The van der Waals surface area contributed by atoms with E-state index >= 15 is 0 Å². The van der Waals surface area contributed by atoms with Crippen LogP contribution in [0.15, 0.2) is 24.3 Å². The third kappa shape index (κ3) is 3.61. The normalized spacial score (nSPS) is 16.7. The number of nitrogens with zero attached hydrogens (tertiary/aromatic N) is 2. The van der Waals surface area contributed by atoms with Gasteiger partial charge in [-0.1, -0.05) is 0 Å². The van der Waals surface area contributed by atoms with Crippen LogP contribution in [0.2, 0.25) is 0 Å². The van der Waals surface area contributed by atoms with Crippen molar-refractivity contribution in [2.24, 2.45) is 0 Å². The zero-order valence-electron chi connectivity index (χ0n) is 11.6. The Hall–Kier alpha value is -1.75. The van der Waals surface area contributed by atoms with Gasteiger partial charge >= 0.3 is 6.03 Å². The van der Waals surface area contributed by atoms with Gasteiger partial charge in [-0.15, -0.1) is 0 Å². The van der Waals surface area contributed by atoms with Gasteiger partial charge in [0.15, 0.2) is 0 Å². The molecule has 0 spiro atoms. The molecule has 0 atom stereocenters. The van der Waals surface area contributed by atoms with E-state index in [1.165, 1.54) is 0 Å². The number of carbonyl (C=O) groups is 1. The van der Waals surface area contributed by atoms with E-state index in [1.54, 1.807) is 12.1 Å². The third-order valence-electron chi connectivity index (χ3n) is 3.49. The van der Waals surface area contributed by atoms with Crippen LogP contribution in [0.3, 0.4) is 0 Å². The second-order valence-corrected chi connectivity index (χ2v) is 5.17. The van der Waals surface area contributed by atoms with Crippen LogP contribution >= 0.6 is 0 Å². The summed E-state index contributed by atoms with van der Waals surface area (Å²) in [7, 11) is 0. The van der Waals surface area contributed by atoms with Gasteiger partial charge < -0.3 is 16.0 Å². The topological polar surface area (TPSA) is 61.6 Å². The lowest BCUT2D eigenvalue weighted by atomic mass is 10.2. The highest BCUT2D eigenvalue weighted by Gasteiger charge is 2.22. The van der Waals surface area contributed by atoms with Gasteiger partial charge in [0.05, 0.1) is 0 Å². The first kappa shape index (κ1) is 13.7. The number of carbonyl (C=O) groups excluding carboxylic acids is 1. The molecule has 104 valence electrons. The Morgan fingerprint density at radius 1 is 1.16 bits per heavy atom. The lowest BCUT2D eigenvalue weighted by Gasteiger charge is -2.36. The Bertz CT molecular complexity index is 422. The summed E-state index contributed by atoms with van der Waals surface area (Å²) >= 11 is 0. The Morgan fingerprint density at radius 3 is 2.26 bits per heavy atom. The Kier molecular flexibility index (Phi) is 4.27. The van der Waals surface area contributed by atoms with Crippen LogP contribution in [-0.4, -0.2) is 48.1 Å². The van der Waals surface area contributed by atoms with Crippen LogP contribution in [-0.2, 0) is 0 Å². The van der Waals surface area contributed by atoms with Crippen molar-refractivity contribution in [1.82, 2.24) is 9.80 Å². The van der Waals surface area contributed by atoms with Crippen molar-refractivity contribution >= 4 is 17.4 Å². The number of amides is 2. The molecule has 0 aliphatic carbocycles. The minimum absolute atomic E-state index is 0.0341. The summed E-state index contributed by atoms with van der Waals surface area (Å²) in [6.45, 7) is 7.80. The zero-order chi connectivity index (χ0) is 13.8. The Balaban J connectivity index is 1.86. The number of urea groups is 1. The summed E-state index contributed by atoms with van der Waals surface area (Å²) in [6.07, 6.45) is 0. The fourth-order valence-corrected chi connectivity index (χ4v) is 2.21. The molecule has 2 amide bonds. The molecule has 0 unspecified atom stereocenters. The van der Waals surface area contributed by atoms with Crippen molar-refractivity contribution in [2.45, 2.75) is 19.9 Å². The summed E-state index contributed by atoms with van der Waals surface area (Å²) in [4.78, 5) is 16.3. The van der Waals surface area contributed by atoms with E-state index in [1.807, 2.05) is 17.0 Å². The minimum atomic E-state index is -0.0341. The number of rotatable bonds is 2. The number of nitrogens with one attached hydrogen (secondary N) is 1. The number of hydrogen-bond donors (Lipinski definition) is 2. The van der Waals surface area contributed by atoms with E-state index in [2.05, 4.69) is 24.1 Å². The molecule has 1 aliphatic rings. The van der Waals surface area contributed by atoms with Gasteiger partial charge in [0.25, 0.3) is 0 Å².